The average molecular weight is 400 g/mol. The lowest BCUT2D eigenvalue weighted by Crippen LogP contribution is -2.11. The number of hydrogen-bond donors (Lipinski definition) is 0. The summed E-state index contributed by atoms with van der Waals surface area (Å²) in [7, 11) is -3.63. The van der Waals surface area contributed by atoms with Crippen molar-refractivity contribution in [1.82, 2.24) is 3.97 Å². The summed E-state index contributed by atoms with van der Waals surface area (Å²) in [5.74, 6) is 0. The van der Waals surface area contributed by atoms with Gasteiger partial charge in [0, 0.05) is 26.4 Å². The molecular formula is C20H14ClNO2S2. The Morgan fingerprint density at radius 2 is 1.54 bits per heavy atom. The van der Waals surface area contributed by atoms with Crippen LogP contribution in [0.3, 0.4) is 0 Å². The molecule has 4 aromatic rings. The summed E-state index contributed by atoms with van der Waals surface area (Å²) in [6, 6.07) is 23.6. The molecule has 0 aliphatic rings. The highest BCUT2D eigenvalue weighted by molar-refractivity contribution is 7.99. The van der Waals surface area contributed by atoms with E-state index in [4.69, 9.17) is 11.6 Å². The number of aromatic nitrogens is 1. The first kappa shape index (κ1) is 17.2. The molecule has 0 aliphatic carbocycles. The van der Waals surface area contributed by atoms with Crippen molar-refractivity contribution in [2.24, 2.45) is 0 Å². The molecule has 26 heavy (non-hydrogen) atoms. The third-order valence-corrected chi connectivity index (χ3v) is 7.04. The van der Waals surface area contributed by atoms with E-state index in [0.717, 1.165) is 15.2 Å². The number of hydrogen-bond acceptors (Lipinski definition) is 3. The molecule has 1 heterocycles. The Morgan fingerprint density at radius 1 is 0.808 bits per heavy atom. The lowest BCUT2D eigenvalue weighted by Gasteiger charge is -2.09. The van der Waals surface area contributed by atoms with Crippen LogP contribution in [0.2, 0.25) is 5.02 Å². The molecule has 130 valence electrons. The number of rotatable bonds is 4. The van der Waals surface area contributed by atoms with Gasteiger partial charge < -0.3 is 0 Å². The Labute approximate surface area is 161 Å². The Bertz CT molecular complexity index is 1170. The molecule has 0 unspecified atom stereocenters. The van der Waals surface area contributed by atoms with Gasteiger partial charge >= 0.3 is 0 Å². The highest BCUT2D eigenvalue weighted by Crippen LogP contribution is 2.35. The van der Waals surface area contributed by atoms with Gasteiger partial charge in [-0.25, -0.2) is 12.4 Å². The maximum absolute atomic E-state index is 13.0. The fourth-order valence-electron chi connectivity index (χ4n) is 2.75. The molecule has 3 nitrogen and oxygen atoms in total. The van der Waals surface area contributed by atoms with Gasteiger partial charge in [-0.2, -0.15) is 0 Å². The predicted octanol–water partition coefficient (Wildman–Crippen LogP) is 5.68. The summed E-state index contributed by atoms with van der Waals surface area (Å²) >= 11 is 7.52. The summed E-state index contributed by atoms with van der Waals surface area (Å²) in [6.07, 6.45) is 1.61. The van der Waals surface area contributed by atoms with E-state index in [9.17, 15) is 8.42 Å². The zero-order valence-corrected chi connectivity index (χ0v) is 15.9. The normalized spacial score (nSPS) is 11.7. The van der Waals surface area contributed by atoms with Crippen molar-refractivity contribution in [2.45, 2.75) is 14.7 Å². The molecule has 1 aromatic heterocycles. The van der Waals surface area contributed by atoms with Crippen molar-refractivity contribution in [3.63, 3.8) is 0 Å². The Morgan fingerprint density at radius 3 is 2.27 bits per heavy atom. The number of halogens is 1. The number of fused-ring (bicyclic) bond motifs is 1. The molecule has 3 aromatic carbocycles. The first-order valence-corrected chi connectivity index (χ1v) is 10.5. The first-order chi connectivity index (χ1) is 12.6. The molecule has 0 saturated carbocycles. The van der Waals surface area contributed by atoms with Gasteiger partial charge in [0.15, 0.2) is 0 Å². The van der Waals surface area contributed by atoms with E-state index in [1.165, 1.54) is 3.97 Å². The van der Waals surface area contributed by atoms with Crippen LogP contribution in [0.4, 0.5) is 0 Å². The van der Waals surface area contributed by atoms with Gasteiger partial charge in [0.25, 0.3) is 10.0 Å². The smallest absolute Gasteiger partial charge is 0.241 e. The minimum Gasteiger partial charge on any atom is -0.241 e. The average Bonchev–Trinajstić information content (AvgIpc) is 3.10. The predicted molar refractivity (Wildman–Crippen MR) is 107 cm³/mol. The second-order valence-electron chi connectivity index (χ2n) is 5.67. The maximum Gasteiger partial charge on any atom is 0.268 e. The van der Waals surface area contributed by atoms with Gasteiger partial charge in [-0.3, -0.25) is 0 Å². The van der Waals surface area contributed by atoms with Crippen LogP contribution in [0.1, 0.15) is 0 Å². The second-order valence-corrected chi connectivity index (χ2v) is 9.04. The maximum atomic E-state index is 13.0. The molecule has 0 saturated heterocycles. The molecule has 0 bridgehead atoms. The van der Waals surface area contributed by atoms with Crippen LogP contribution in [0.15, 0.2) is 99.7 Å². The van der Waals surface area contributed by atoms with Crippen LogP contribution in [0, 0.1) is 0 Å². The Kier molecular flexibility index (Phi) is 4.53. The van der Waals surface area contributed by atoms with E-state index in [-0.39, 0.29) is 4.90 Å². The van der Waals surface area contributed by atoms with Gasteiger partial charge in [-0.05, 0) is 54.6 Å². The van der Waals surface area contributed by atoms with Crippen molar-refractivity contribution in [2.75, 3.05) is 0 Å². The summed E-state index contributed by atoms with van der Waals surface area (Å²) in [5, 5.41) is 1.58. The lowest BCUT2D eigenvalue weighted by atomic mass is 10.2. The topological polar surface area (TPSA) is 39.1 Å². The minimum absolute atomic E-state index is 0.272. The van der Waals surface area contributed by atoms with Gasteiger partial charge in [0.2, 0.25) is 0 Å². The molecule has 6 heteroatoms. The zero-order chi connectivity index (χ0) is 18.1. The van der Waals surface area contributed by atoms with Crippen LogP contribution in [-0.2, 0) is 10.0 Å². The van der Waals surface area contributed by atoms with E-state index >= 15 is 0 Å². The largest absolute Gasteiger partial charge is 0.268 e. The van der Waals surface area contributed by atoms with Crippen molar-refractivity contribution >= 4 is 44.3 Å². The number of nitrogens with zero attached hydrogens (tertiary/aromatic N) is 1. The van der Waals surface area contributed by atoms with E-state index in [1.54, 1.807) is 48.3 Å². The van der Waals surface area contributed by atoms with Crippen molar-refractivity contribution in [3.05, 3.63) is 90.1 Å². The van der Waals surface area contributed by atoms with Crippen molar-refractivity contribution < 1.29 is 8.42 Å². The van der Waals surface area contributed by atoms with Crippen LogP contribution in [0.5, 0.6) is 0 Å². The Hall–Kier alpha value is -2.21. The third kappa shape index (κ3) is 3.14. The van der Waals surface area contributed by atoms with Crippen LogP contribution < -0.4 is 0 Å². The van der Waals surface area contributed by atoms with Crippen molar-refractivity contribution in [3.8, 4) is 0 Å². The molecule has 4 rings (SSSR count). The second kappa shape index (κ2) is 6.83. The molecule has 0 fully saturated rings. The summed E-state index contributed by atoms with van der Waals surface area (Å²) < 4.78 is 27.3. The SMILES string of the molecule is O=S(=O)(c1ccccc1)n1ccc2c(Sc3ccc(Cl)cc3)cccc21. The Balaban J connectivity index is 1.79. The molecule has 0 radical (unpaired) electrons. The molecular weight excluding hydrogens is 386 g/mol. The van der Waals surface area contributed by atoms with Gasteiger partial charge in [0.1, 0.15) is 0 Å². The molecule has 0 N–H and O–H groups in total. The molecule has 0 aliphatic heterocycles. The van der Waals surface area contributed by atoms with Crippen LogP contribution >= 0.6 is 23.4 Å². The molecule has 0 atom stereocenters. The molecule has 0 spiro atoms. The first-order valence-electron chi connectivity index (χ1n) is 7.90. The van der Waals surface area contributed by atoms with E-state index in [2.05, 4.69) is 0 Å². The number of benzene rings is 3. The van der Waals surface area contributed by atoms with Gasteiger partial charge in [-0.15, -0.1) is 0 Å². The van der Waals surface area contributed by atoms with E-state index in [1.807, 2.05) is 48.5 Å². The van der Waals surface area contributed by atoms with E-state index in [0.29, 0.717) is 10.5 Å². The van der Waals surface area contributed by atoms with Crippen LogP contribution in [-0.4, -0.2) is 12.4 Å². The van der Waals surface area contributed by atoms with Gasteiger partial charge in [0.05, 0.1) is 10.4 Å². The summed E-state index contributed by atoms with van der Waals surface area (Å²) in [5.41, 5.74) is 0.660. The monoisotopic (exact) mass is 399 g/mol. The van der Waals surface area contributed by atoms with Crippen molar-refractivity contribution in [1.29, 1.82) is 0 Å². The standard InChI is InChI=1S/C20H14ClNO2S2/c21-15-9-11-16(12-10-15)25-20-8-4-7-19-18(20)13-14-22(19)26(23,24)17-5-2-1-3-6-17/h1-14H. The van der Waals surface area contributed by atoms with Crippen LogP contribution in [0.25, 0.3) is 10.9 Å². The zero-order valence-electron chi connectivity index (χ0n) is 13.5. The van der Waals surface area contributed by atoms with E-state index < -0.39 is 10.0 Å². The fourth-order valence-corrected chi connectivity index (χ4v) is 5.20. The highest BCUT2D eigenvalue weighted by Gasteiger charge is 2.19. The summed E-state index contributed by atoms with van der Waals surface area (Å²) in [4.78, 5) is 2.31. The fraction of sp³-hybridized carbons (Fsp3) is 0. The van der Waals surface area contributed by atoms with Gasteiger partial charge in [-0.1, -0.05) is 47.6 Å². The molecule has 0 amide bonds. The summed E-state index contributed by atoms with van der Waals surface area (Å²) in [6.45, 7) is 0. The highest BCUT2D eigenvalue weighted by atomic mass is 35.5. The lowest BCUT2D eigenvalue weighted by molar-refractivity contribution is 0.589. The quantitative estimate of drug-likeness (QED) is 0.443. The third-order valence-electron chi connectivity index (χ3n) is 4.00. The minimum atomic E-state index is -3.63.